The number of nitrogen functional groups attached to an aromatic ring is 1. The zero-order valence-corrected chi connectivity index (χ0v) is 10.6. The van der Waals surface area contributed by atoms with E-state index in [1.165, 1.54) is 16.8 Å². The van der Waals surface area contributed by atoms with Crippen LogP contribution in [0.15, 0.2) is 30.3 Å². The molecule has 0 amide bonds. The van der Waals surface area contributed by atoms with Gasteiger partial charge in [-0.2, -0.15) is 5.10 Å². The van der Waals surface area contributed by atoms with Gasteiger partial charge < -0.3 is 5.73 Å². The zero-order valence-electron chi connectivity index (χ0n) is 10.6. The van der Waals surface area contributed by atoms with E-state index < -0.39 is 0 Å². The van der Waals surface area contributed by atoms with Gasteiger partial charge in [-0.1, -0.05) is 24.3 Å². The second-order valence-corrected chi connectivity index (χ2v) is 4.79. The minimum atomic E-state index is 0.614. The smallest absolute Gasteiger partial charge is 0.145 e. The van der Waals surface area contributed by atoms with E-state index in [2.05, 4.69) is 41.2 Å². The van der Waals surface area contributed by atoms with Gasteiger partial charge in [-0.25, -0.2) is 0 Å². The van der Waals surface area contributed by atoms with Crippen molar-refractivity contribution < 1.29 is 0 Å². The molecule has 1 aliphatic heterocycles. The van der Waals surface area contributed by atoms with Gasteiger partial charge in [0.25, 0.3) is 0 Å². The average molecular weight is 242 g/mol. The van der Waals surface area contributed by atoms with E-state index in [4.69, 9.17) is 5.73 Å². The zero-order chi connectivity index (χ0) is 12.5. The van der Waals surface area contributed by atoms with Gasteiger partial charge in [-0.05, 0) is 18.1 Å². The third-order valence-corrected chi connectivity index (χ3v) is 3.47. The Morgan fingerprint density at radius 1 is 1.22 bits per heavy atom. The summed E-state index contributed by atoms with van der Waals surface area (Å²) in [6, 6.07) is 10.6. The number of aryl methyl sites for hydroxylation is 1. The van der Waals surface area contributed by atoms with Crippen LogP contribution >= 0.6 is 0 Å². The number of rotatable bonds is 3. The Kier molecular flexibility index (Phi) is 2.80. The molecule has 1 aromatic heterocycles. The minimum Gasteiger partial charge on any atom is -0.382 e. The van der Waals surface area contributed by atoms with E-state index in [0.717, 1.165) is 26.2 Å². The Morgan fingerprint density at radius 3 is 2.50 bits per heavy atom. The fraction of sp³-hybridized carbons (Fsp3) is 0.357. The molecule has 0 bridgehead atoms. The molecule has 0 unspecified atom stereocenters. The fourth-order valence-electron chi connectivity index (χ4n) is 2.62. The Hall–Kier alpha value is -1.81. The van der Waals surface area contributed by atoms with Crippen molar-refractivity contribution in [2.75, 3.05) is 5.73 Å². The third-order valence-electron chi connectivity index (χ3n) is 3.47. The van der Waals surface area contributed by atoms with E-state index >= 15 is 0 Å². The monoisotopic (exact) mass is 242 g/mol. The van der Waals surface area contributed by atoms with Crippen LogP contribution in [0.4, 0.5) is 5.82 Å². The number of hydrogen-bond donors (Lipinski definition) is 1. The summed E-state index contributed by atoms with van der Waals surface area (Å²) in [4.78, 5) is 2.42. The first kappa shape index (κ1) is 11.3. The Morgan fingerprint density at radius 2 is 1.89 bits per heavy atom. The van der Waals surface area contributed by atoms with Crippen molar-refractivity contribution in [3.63, 3.8) is 0 Å². The van der Waals surface area contributed by atoms with Crippen LogP contribution in [0.1, 0.15) is 23.7 Å². The number of benzene rings is 1. The van der Waals surface area contributed by atoms with Crippen LogP contribution < -0.4 is 5.73 Å². The van der Waals surface area contributed by atoms with Gasteiger partial charge in [0.15, 0.2) is 0 Å². The van der Waals surface area contributed by atoms with Gasteiger partial charge in [-0.3, -0.25) is 9.58 Å². The molecule has 2 heterocycles. The third kappa shape index (κ3) is 1.99. The van der Waals surface area contributed by atoms with Crippen LogP contribution in [0.2, 0.25) is 0 Å². The largest absolute Gasteiger partial charge is 0.382 e. The molecule has 0 aliphatic carbocycles. The van der Waals surface area contributed by atoms with Crippen molar-refractivity contribution in [1.29, 1.82) is 0 Å². The molecule has 0 saturated carbocycles. The van der Waals surface area contributed by atoms with E-state index in [1.54, 1.807) is 0 Å². The normalized spacial score (nSPS) is 14.9. The maximum atomic E-state index is 5.76. The highest BCUT2D eigenvalue weighted by atomic mass is 15.3. The Labute approximate surface area is 107 Å². The van der Waals surface area contributed by atoms with Gasteiger partial charge in [0.1, 0.15) is 5.82 Å². The molecular formula is C14H18N4. The minimum absolute atomic E-state index is 0.614. The van der Waals surface area contributed by atoms with Crippen LogP contribution in [-0.2, 0) is 26.2 Å². The first-order chi connectivity index (χ1) is 8.76. The van der Waals surface area contributed by atoms with Crippen molar-refractivity contribution >= 4 is 5.82 Å². The fourth-order valence-corrected chi connectivity index (χ4v) is 2.62. The lowest BCUT2D eigenvalue weighted by Gasteiger charge is -2.15. The molecule has 0 atom stereocenters. The van der Waals surface area contributed by atoms with Crippen LogP contribution in [0.25, 0.3) is 0 Å². The van der Waals surface area contributed by atoms with E-state index in [-0.39, 0.29) is 0 Å². The number of hydrogen-bond acceptors (Lipinski definition) is 3. The van der Waals surface area contributed by atoms with Crippen molar-refractivity contribution in [2.45, 2.75) is 33.1 Å². The quantitative estimate of drug-likeness (QED) is 0.895. The molecule has 3 rings (SSSR count). The topological polar surface area (TPSA) is 47.1 Å². The van der Waals surface area contributed by atoms with Gasteiger partial charge in [0, 0.05) is 32.2 Å². The van der Waals surface area contributed by atoms with Crippen LogP contribution in [-0.4, -0.2) is 14.7 Å². The van der Waals surface area contributed by atoms with Crippen molar-refractivity contribution in [3.8, 4) is 0 Å². The van der Waals surface area contributed by atoms with Crippen molar-refractivity contribution in [2.24, 2.45) is 0 Å². The number of aromatic nitrogens is 2. The lowest BCUT2D eigenvalue weighted by atomic mass is 10.1. The average Bonchev–Trinajstić information content (AvgIpc) is 2.92. The van der Waals surface area contributed by atoms with Gasteiger partial charge in [0.05, 0.1) is 5.69 Å². The summed E-state index contributed by atoms with van der Waals surface area (Å²) in [5.74, 6) is 0.614. The van der Waals surface area contributed by atoms with Gasteiger partial charge >= 0.3 is 0 Å². The van der Waals surface area contributed by atoms with E-state index in [1.807, 2.05) is 10.7 Å². The lowest BCUT2D eigenvalue weighted by Crippen LogP contribution is -2.18. The summed E-state index contributed by atoms with van der Waals surface area (Å²) in [7, 11) is 0. The van der Waals surface area contributed by atoms with Crippen molar-refractivity contribution in [1.82, 2.24) is 14.7 Å². The maximum Gasteiger partial charge on any atom is 0.145 e. The molecule has 94 valence electrons. The molecule has 1 aromatic carbocycles. The van der Waals surface area contributed by atoms with Gasteiger partial charge in [-0.15, -0.1) is 0 Å². The number of anilines is 1. The SMILES string of the molecule is CCn1nc(N)cc1CN1Cc2ccccc2C1. The highest BCUT2D eigenvalue weighted by molar-refractivity contribution is 5.32. The number of nitrogens with two attached hydrogens (primary N) is 1. The first-order valence-corrected chi connectivity index (χ1v) is 6.37. The Balaban J connectivity index is 1.76. The van der Waals surface area contributed by atoms with Crippen molar-refractivity contribution in [3.05, 3.63) is 47.2 Å². The highest BCUT2D eigenvalue weighted by Crippen LogP contribution is 2.24. The summed E-state index contributed by atoms with van der Waals surface area (Å²) >= 11 is 0. The first-order valence-electron chi connectivity index (χ1n) is 6.37. The summed E-state index contributed by atoms with van der Waals surface area (Å²) in [6.07, 6.45) is 0. The molecule has 4 nitrogen and oxygen atoms in total. The summed E-state index contributed by atoms with van der Waals surface area (Å²) in [5.41, 5.74) is 9.84. The number of fused-ring (bicyclic) bond motifs is 1. The second-order valence-electron chi connectivity index (χ2n) is 4.79. The summed E-state index contributed by atoms with van der Waals surface area (Å²) < 4.78 is 1.98. The second kappa shape index (κ2) is 4.46. The maximum absolute atomic E-state index is 5.76. The molecule has 0 radical (unpaired) electrons. The standard InChI is InChI=1S/C14H18N4/c1-2-18-13(7-14(15)16-18)10-17-8-11-5-3-4-6-12(11)9-17/h3-7H,2,8-10H2,1H3,(H2,15,16). The predicted octanol–water partition coefficient (Wildman–Crippen LogP) is 2.00. The molecule has 0 spiro atoms. The number of nitrogens with zero attached hydrogens (tertiary/aromatic N) is 3. The molecular weight excluding hydrogens is 224 g/mol. The molecule has 2 N–H and O–H groups in total. The van der Waals surface area contributed by atoms with E-state index in [0.29, 0.717) is 5.82 Å². The predicted molar refractivity (Wildman–Crippen MR) is 71.7 cm³/mol. The summed E-state index contributed by atoms with van der Waals surface area (Å²) in [6.45, 7) is 5.91. The lowest BCUT2D eigenvalue weighted by molar-refractivity contribution is 0.266. The molecule has 4 heteroatoms. The molecule has 0 saturated heterocycles. The van der Waals surface area contributed by atoms with Crippen LogP contribution in [0.3, 0.4) is 0 Å². The molecule has 2 aromatic rings. The highest BCUT2D eigenvalue weighted by Gasteiger charge is 2.19. The van der Waals surface area contributed by atoms with E-state index in [9.17, 15) is 0 Å². The molecule has 1 aliphatic rings. The van der Waals surface area contributed by atoms with Crippen LogP contribution in [0.5, 0.6) is 0 Å². The molecule has 0 fully saturated rings. The van der Waals surface area contributed by atoms with Crippen LogP contribution in [0, 0.1) is 0 Å². The van der Waals surface area contributed by atoms with Gasteiger partial charge in [0.2, 0.25) is 0 Å². The Bertz CT molecular complexity index is 534. The molecule has 18 heavy (non-hydrogen) atoms. The summed E-state index contributed by atoms with van der Waals surface area (Å²) in [5, 5.41) is 4.29.